The number of nitrogens with one attached hydrogen (secondary N) is 1. The Morgan fingerprint density at radius 2 is 1.88 bits per heavy atom. The van der Waals surface area contributed by atoms with Crippen LogP contribution in [0.5, 0.6) is 0 Å². The monoisotopic (exact) mass is 239 g/mol. The lowest BCUT2D eigenvalue weighted by molar-refractivity contribution is 0.422. The molecule has 1 saturated carbocycles. The summed E-state index contributed by atoms with van der Waals surface area (Å²) in [4.78, 5) is 0. The van der Waals surface area contributed by atoms with Gasteiger partial charge in [0.2, 0.25) is 0 Å². The van der Waals surface area contributed by atoms with Crippen molar-refractivity contribution in [2.75, 3.05) is 0 Å². The average molecular weight is 239 g/mol. The van der Waals surface area contributed by atoms with Gasteiger partial charge in [0.05, 0.1) is 0 Å². The van der Waals surface area contributed by atoms with Gasteiger partial charge in [0, 0.05) is 17.6 Å². The Labute approximate surface area is 101 Å². The van der Waals surface area contributed by atoms with E-state index in [-0.39, 0.29) is 11.6 Å². The van der Waals surface area contributed by atoms with Gasteiger partial charge in [-0.2, -0.15) is 0 Å². The van der Waals surface area contributed by atoms with Gasteiger partial charge in [-0.05, 0) is 44.2 Å². The summed E-state index contributed by atoms with van der Waals surface area (Å²) in [5.41, 5.74) is 0.159. The molecule has 3 unspecified atom stereocenters. The molecule has 1 aromatic carbocycles. The van der Waals surface area contributed by atoms with Crippen molar-refractivity contribution >= 4 is 0 Å². The quantitative estimate of drug-likeness (QED) is 0.846. The molecule has 17 heavy (non-hydrogen) atoms. The minimum Gasteiger partial charge on any atom is -0.307 e. The molecule has 1 N–H and O–H groups in total. The second kappa shape index (κ2) is 5.13. The van der Waals surface area contributed by atoms with E-state index in [9.17, 15) is 8.78 Å². The van der Waals surface area contributed by atoms with Crippen LogP contribution in [0.15, 0.2) is 18.2 Å². The van der Waals surface area contributed by atoms with Gasteiger partial charge in [0.25, 0.3) is 0 Å². The highest BCUT2D eigenvalue weighted by Crippen LogP contribution is 2.28. The maximum atomic E-state index is 13.6. The molecular formula is C14H19F2N. The number of benzene rings is 1. The fraction of sp³-hybridized carbons (Fsp3) is 0.571. The Morgan fingerprint density at radius 3 is 2.41 bits per heavy atom. The molecule has 1 nitrogen and oxygen atoms in total. The third kappa shape index (κ3) is 2.83. The molecule has 0 aromatic heterocycles. The summed E-state index contributed by atoms with van der Waals surface area (Å²) >= 11 is 0. The molecule has 0 radical (unpaired) electrons. The van der Waals surface area contributed by atoms with E-state index in [0.717, 1.165) is 12.8 Å². The molecular weight excluding hydrogens is 220 g/mol. The summed E-state index contributed by atoms with van der Waals surface area (Å²) in [6.45, 7) is 4.04. The third-order valence-electron chi connectivity index (χ3n) is 3.61. The van der Waals surface area contributed by atoms with Crippen molar-refractivity contribution in [2.24, 2.45) is 5.92 Å². The minimum absolute atomic E-state index is 0.159. The lowest BCUT2D eigenvalue weighted by Gasteiger charge is -2.20. The van der Waals surface area contributed by atoms with E-state index in [1.54, 1.807) is 0 Å². The topological polar surface area (TPSA) is 12.0 Å². The van der Waals surface area contributed by atoms with E-state index in [1.807, 2.05) is 6.92 Å². The molecule has 0 bridgehead atoms. The molecule has 0 amide bonds. The van der Waals surface area contributed by atoms with E-state index in [1.165, 1.54) is 24.6 Å². The van der Waals surface area contributed by atoms with E-state index in [2.05, 4.69) is 12.2 Å². The van der Waals surface area contributed by atoms with Crippen LogP contribution in [-0.2, 0) is 0 Å². The fourth-order valence-corrected chi connectivity index (χ4v) is 2.72. The highest BCUT2D eigenvalue weighted by Gasteiger charge is 2.24. The van der Waals surface area contributed by atoms with Crippen molar-refractivity contribution in [3.8, 4) is 0 Å². The molecule has 2 rings (SSSR count). The van der Waals surface area contributed by atoms with Gasteiger partial charge in [-0.25, -0.2) is 8.78 Å². The van der Waals surface area contributed by atoms with Crippen molar-refractivity contribution in [1.29, 1.82) is 0 Å². The highest BCUT2D eigenvalue weighted by atomic mass is 19.1. The van der Waals surface area contributed by atoms with Crippen molar-refractivity contribution in [3.05, 3.63) is 35.4 Å². The fourth-order valence-electron chi connectivity index (χ4n) is 2.72. The Bertz CT molecular complexity index is 372. The summed E-state index contributed by atoms with van der Waals surface area (Å²) in [6.07, 6.45) is 3.39. The molecule has 1 fully saturated rings. The predicted molar refractivity (Wildman–Crippen MR) is 64.7 cm³/mol. The maximum Gasteiger partial charge on any atom is 0.130 e. The number of halogens is 2. The summed E-state index contributed by atoms with van der Waals surface area (Å²) in [5.74, 6) is -0.211. The largest absolute Gasteiger partial charge is 0.307 e. The third-order valence-corrected chi connectivity index (χ3v) is 3.61. The Hall–Kier alpha value is -0.960. The van der Waals surface area contributed by atoms with Crippen LogP contribution >= 0.6 is 0 Å². The molecule has 3 heteroatoms. The molecule has 1 aliphatic rings. The lowest BCUT2D eigenvalue weighted by Crippen LogP contribution is -2.30. The molecule has 94 valence electrons. The number of hydrogen-bond donors (Lipinski definition) is 1. The molecule has 3 atom stereocenters. The Kier molecular flexibility index (Phi) is 3.77. The van der Waals surface area contributed by atoms with Gasteiger partial charge in [0.15, 0.2) is 0 Å². The van der Waals surface area contributed by atoms with Crippen LogP contribution in [0.1, 0.15) is 44.7 Å². The van der Waals surface area contributed by atoms with Gasteiger partial charge >= 0.3 is 0 Å². The van der Waals surface area contributed by atoms with E-state index >= 15 is 0 Å². The van der Waals surface area contributed by atoms with Crippen LogP contribution < -0.4 is 5.32 Å². The second-order valence-electron chi connectivity index (χ2n) is 5.14. The van der Waals surface area contributed by atoms with Crippen LogP contribution in [0.2, 0.25) is 0 Å². The standard InChI is InChI=1S/C14H19F2N/c1-9-6-7-11(8-9)17-10(2)14-12(15)4-3-5-13(14)16/h3-5,9-11,17H,6-8H2,1-2H3. The average Bonchev–Trinajstić information content (AvgIpc) is 2.63. The summed E-state index contributed by atoms with van der Waals surface area (Å²) in [5, 5.41) is 3.33. The van der Waals surface area contributed by atoms with Crippen molar-refractivity contribution in [3.63, 3.8) is 0 Å². The summed E-state index contributed by atoms with van der Waals surface area (Å²) in [7, 11) is 0. The normalized spacial score (nSPS) is 26.1. The molecule has 1 aromatic rings. The lowest BCUT2D eigenvalue weighted by atomic mass is 10.1. The molecule has 0 saturated heterocycles. The summed E-state index contributed by atoms with van der Waals surface area (Å²) < 4.78 is 27.1. The van der Waals surface area contributed by atoms with Gasteiger partial charge in [-0.1, -0.05) is 13.0 Å². The molecule has 0 aliphatic heterocycles. The Balaban J connectivity index is 2.07. The zero-order valence-corrected chi connectivity index (χ0v) is 10.3. The van der Waals surface area contributed by atoms with Gasteiger partial charge in [-0.3, -0.25) is 0 Å². The Morgan fingerprint density at radius 1 is 1.24 bits per heavy atom. The summed E-state index contributed by atoms with van der Waals surface area (Å²) in [6, 6.07) is 4.14. The van der Waals surface area contributed by atoms with Gasteiger partial charge in [0.1, 0.15) is 11.6 Å². The van der Waals surface area contributed by atoms with Crippen LogP contribution in [0.4, 0.5) is 8.78 Å². The molecule has 0 heterocycles. The van der Waals surface area contributed by atoms with E-state index in [0.29, 0.717) is 12.0 Å². The zero-order chi connectivity index (χ0) is 12.4. The number of hydrogen-bond acceptors (Lipinski definition) is 1. The second-order valence-corrected chi connectivity index (χ2v) is 5.14. The molecule has 0 spiro atoms. The van der Waals surface area contributed by atoms with Crippen LogP contribution in [0, 0.1) is 17.6 Å². The SMILES string of the molecule is CC1CCC(NC(C)c2c(F)cccc2F)C1. The first-order valence-electron chi connectivity index (χ1n) is 6.28. The van der Waals surface area contributed by atoms with Crippen LogP contribution in [-0.4, -0.2) is 6.04 Å². The van der Waals surface area contributed by atoms with Crippen LogP contribution in [0.3, 0.4) is 0 Å². The van der Waals surface area contributed by atoms with Crippen molar-refractivity contribution < 1.29 is 8.78 Å². The van der Waals surface area contributed by atoms with Gasteiger partial charge < -0.3 is 5.32 Å². The first-order chi connectivity index (χ1) is 8.08. The smallest absolute Gasteiger partial charge is 0.130 e. The van der Waals surface area contributed by atoms with Gasteiger partial charge in [-0.15, -0.1) is 0 Å². The first-order valence-corrected chi connectivity index (χ1v) is 6.28. The maximum absolute atomic E-state index is 13.6. The van der Waals surface area contributed by atoms with E-state index in [4.69, 9.17) is 0 Å². The van der Waals surface area contributed by atoms with Crippen molar-refractivity contribution in [1.82, 2.24) is 5.32 Å². The van der Waals surface area contributed by atoms with Crippen LogP contribution in [0.25, 0.3) is 0 Å². The highest BCUT2D eigenvalue weighted by molar-refractivity contribution is 5.22. The first kappa shape index (κ1) is 12.5. The minimum atomic E-state index is -0.462. The number of rotatable bonds is 3. The van der Waals surface area contributed by atoms with E-state index < -0.39 is 11.6 Å². The zero-order valence-electron chi connectivity index (χ0n) is 10.3. The molecule has 1 aliphatic carbocycles. The van der Waals surface area contributed by atoms with Crippen molar-refractivity contribution in [2.45, 2.75) is 45.2 Å². The predicted octanol–water partition coefficient (Wildman–Crippen LogP) is 3.80.